The Morgan fingerprint density at radius 3 is 2.52 bits per heavy atom. The Labute approximate surface area is 243 Å². The van der Waals surface area contributed by atoms with Gasteiger partial charge in [0.2, 0.25) is 0 Å². The van der Waals surface area contributed by atoms with Gasteiger partial charge in [0, 0.05) is 60.7 Å². The molecule has 1 fully saturated rings. The first kappa shape index (κ1) is 28.9. The van der Waals surface area contributed by atoms with Crippen molar-refractivity contribution in [2.45, 2.75) is 13.1 Å². The van der Waals surface area contributed by atoms with Crippen molar-refractivity contribution in [2.75, 3.05) is 47.6 Å². The van der Waals surface area contributed by atoms with Crippen LogP contribution in [-0.2, 0) is 6.18 Å². The van der Waals surface area contributed by atoms with Crippen LogP contribution < -0.4 is 16.0 Å². The zero-order valence-electron chi connectivity index (χ0n) is 22.7. The average molecular weight is 597 g/mol. The first-order valence-electron chi connectivity index (χ1n) is 13.0. The van der Waals surface area contributed by atoms with Crippen LogP contribution >= 0.6 is 11.8 Å². The molecule has 10 nitrogen and oxygen atoms in total. The van der Waals surface area contributed by atoms with E-state index in [2.05, 4.69) is 31.0 Å². The average Bonchev–Trinajstić information content (AvgIpc) is 3.42. The number of anilines is 4. The Morgan fingerprint density at radius 1 is 1.00 bits per heavy atom. The summed E-state index contributed by atoms with van der Waals surface area (Å²) >= 11 is 1.79. The van der Waals surface area contributed by atoms with Gasteiger partial charge in [0.15, 0.2) is 11.5 Å². The third-order valence-corrected chi connectivity index (χ3v) is 7.51. The number of nitrogens with zero attached hydrogens (tertiary/aromatic N) is 5. The van der Waals surface area contributed by atoms with Gasteiger partial charge in [-0.25, -0.2) is 9.97 Å². The molecule has 5 rings (SSSR count). The Hall–Kier alpha value is -4.59. The number of aromatic nitrogens is 4. The van der Waals surface area contributed by atoms with Crippen molar-refractivity contribution in [3.63, 3.8) is 0 Å². The number of hydrogen-bond acceptors (Lipinski definition) is 8. The summed E-state index contributed by atoms with van der Waals surface area (Å²) in [6, 6.07) is 12.6. The highest BCUT2D eigenvalue weighted by Gasteiger charge is 2.31. The van der Waals surface area contributed by atoms with Gasteiger partial charge in [-0.15, -0.1) is 0 Å². The lowest BCUT2D eigenvalue weighted by molar-refractivity contribution is -0.137. The molecule has 3 heterocycles. The number of thioether (sulfide) groups is 1. The van der Waals surface area contributed by atoms with E-state index in [4.69, 9.17) is 0 Å². The maximum Gasteiger partial charge on any atom is 0.416 e. The van der Waals surface area contributed by atoms with E-state index in [0.29, 0.717) is 41.9 Å². The molecule has 0 spiro atoms. The number of rotatable bonds is 7. The van der Waals surface area contributed by atoms with Gasteiger partial charge in [-0.05, 0) is 42.8 Å². The van der Waals surface area contributed by atoms with Gasteiger partial charge in [-0.1, -0.05) is 12.1 Å². The molecule has 3 N–H and O–H groups in total. The number of carbonyl (C=O) groups is 2. The van der Waals surface area contributed by atoms with Gasteiger partial charge in [0.05, 0.1) is 5.56 Å². The molecule has 0 unspecified atom stereocenters. The number of alkyl halides is 3. The SMILES string of the molecule is CNc1cc(-n2nc(C(=O)N3CCSCC3)cc2Nc2cc(NC(=O)c3cccc(C(F)(F)F)c3)ccc2C)ncn1. The van der Waals surface area contributed by atoms with E-state index in [-0.39, 0.29) is 17.2 Å². The maximum absolute atomic E-state index is 13.3. The molecule has 0 bridgehead atoms. The lowest BCUT2D eigenvalue weighted by atomic mass is 10.1. The topological polar surface area (TPSA) is 117 Å². The maximum atomic E-state index is 13.3. The molecule has 2 amide bonds. The Bertz CT molecular complexity index is 1620. The van der Waals surface area contributed by atoms with E-state index in [1.54, 1.807) is 54.0 Å². The van der Waals surface area contributed by atoms with E-state index in [1.807, 2.05) is 6.92 Å². The molecule has 2 aromatic heterocycles. The van der Waals surface area contributed by atoms with Crippen molar-refractivity contribution in [1.82, 2.24) is 24.6 Å². The number of amides is 2. The summed E-state index contributed by atoms with van der Waals surface area (Å²) in [7, 11) is 1.72. The van der Waals surface area contributed by atoms with Crippen molar-refractivity contribution < 1.29 is 22.8 Å². The van der Waals surface area contributed by atoms with Crippen molar-refractivity contribution in [3.8, 4) is 5.82 Å². The molecule has 1 saturated heterocycles. The molecule has 0 atom stereocenters. The van der Waals surface area contributed by atoms with E-state index >= 15 is 0 Å². The third-order valence-electron chi connectivity index (χ3n) is 6.56. The first-order chi connectivity index (χ1) is 20.1. The van der Waals surface area contributed by atoms with Crippen molar-refractivity contribution in [1.29, 1.82) is 0 Å². The molecule has 14 heteroatoms. The molecule has 0 radical (unpaired) electrons. The Balaban J connectivity index is 1.45. The highest BCUT2D eigenvalue weighted by molar-refractivity contribution is 7.99. The second-order valence-electron chi connectivity index (χ2n) is 9.43. The van der Waals surface area contributed by atoms with Crippen molar-refractivity contribution in [2.24, 2.45) is 0 Å². The van der Waals surface area contributed by atoms with Crippen LogP contribution in [0.25, 0.3) is 5.82 Å². The molecule has 0 aliphatic carbocycles. The standard InChI is InChI=1S/C28H27F3N8O2S/c1-17-6-7-20(35-26(40)18-4-3-5-19(12-18)28(29,30)31)13-21(17)36-25-14-22(27(41)38-8-10-42-11-9-38)37-39(25)24-15-23(32-2)33-16-34-24/h3-7,12-16,36H,8-11H2,1-2H3,(H,35,40)(H,32,33,34). The molecular formula is C28H27F3N8O2S. The van der Waals surface area contributed by atoms with Crippen LogP contribution in [-0.4, -0.2) is 68.1 Å². The van der Waals surface area contributed by atoms with E-state index in [9.17, 15) is 22.8 Å². The minimum Gasteiger partial charge on any atom is -0.373 e. The van der Waals surface area contributed by atoms with Crippen LogP contribution in [0.1, 0.15) is 32.0 Å². The van der Waals surface area contributed by atoms with E-state index in [1.165, 1.54) is 23.1 Å². The first-order valence-corrected chi connectivity index (χ1v) is 14.1. The second-order valence-corrected chi connectivity index (χ2v) is 10.7. The van der Waals surface area contributed by atoms with Gasteiger partial charge in [0.1, 0.15) is 18.0 Å². The van der Waals surface area contributed by atoms with Crippen molar-refractivity contribution in [3.05, 3.63) is 83.3 Å². The summed E-state index contributed by atoms with van der Waals surface area (Å²) in [5.41, 5.74) is 0.948. The fraction of sp³-hybridized carbons (Fsp3) is 0.250. The lowest BCUT2D eigenvalue weighted by Gasteiger charge is -2.25. The number of halogens is 3. The van der Waals surface area contributed by atoms with E-state index < -0.39 is 17.6 Å². The zero-order chi connectivity index (χ0) is 29.9. The van der Waals surface area contributed by atoms with Crippen LogP contribution in [0.2, 0.25) is 0 Å². The Kier molecular flexibility index (Phi) is 8.34. The number of nitrogens with one attached hydrogen (secondary N) is 3. The predicted molar refractivity (Wildman–Crippen MR) is 156 cm³/mol. The van der Waals surface area contributed by atoms with Gasteiger partial charge in [0.25, 0.3) is 11.8 Å². The summed E-state index contributed by atoms with van der Waals surface area (Å²) < 4.78 is 40.9. The fourth-order valence-corrected chi connectivity index (χ4v) is 5.19. The summed E-state index contributed by atoms with van der Waals surface area (Å²) in [5.74, 6) is 2.23. The number of hydrogen-bond donors (Lipinski definition) is 3. The zero-order valence-corrected chi connectivity index (χ0v) is 23.5. The van der Waals surface area contributed by atoms with Gasteiger partial charge >= 0.3 is 6.18 Å². The molecule has 4 aromatic rings. The van der Waals surface area contributed by atoms with Crippen LogP contribution in [0.4, 0.5) is 36.2 Å². The largest absolute Gasteiger partial charge is 0.416 e. The number of benzene rings is 2. The smallest absolute Gasteiger partial charge is 0.373 e. The van der Waals surface area contributed by atoms with Crippen LogP contribution in [0.15, 0.2) is 60.9 Å². The van der Waals surface area contributed by atoms with Gasteiger partial charge in [-0.3, -0.25) is 9.59 Å². The monoisotopic (exact) mass is 596 g/mol. The molecule has 0 saturated carbocycles. The van der Waals surface area contributed by atoms with Gasteiger partial charge in [-0.2, -0.15) is 34.7 Å². The molecule has 1 aliphatic heterocycles. The highest BCUT2D eigenvalue weighted by Crippen LogP contribution is 2.31. The second kappa shape index (κ2) is 12.1. The number of carbonyl (C=O) groups excluding carboxylic acids is 2. The predicted octanol–water partition coefficient (Wildman–Crippen LogP) is 5.22. The molecule has 42 heavy (non-hydrogen) atoms. The molecule has 1 aliphatic rings. The Morgan fingerprint density at radius 2 is 1.79 bits per heavy atom. The molecular weight excluding hydrogens is 569 g/mol. The summed E-state index contributed by atoms with van der Waals surface area (Å²) in [6.45, 7) is 3.11. The van der Waals surface area contributed by atoms with Crippen LogP contribution in [0.3, 0.4) is 0 Å². The third kappa shape index (κ3) is 6.48. The normalized spacial score (nSPS) is 13.5. The molecule has 218 valence electrons. The lowest BCUT2D eigenvalue weighted by Crippen LogP contribution is -2.38. The van der Waals surface area contributed by atoms with Crippen LogP contribution in [0.5, 0.6) is 0 Å². The molecule has 2 aromatic carbocycles. The summed E-state index contributed by atoms with van der Waals surface area (Å²) in [4.78, 5) is 36.3. The van der Waals surface area contributed by atoms with Crippen molar-refractivity contribution >= 4 is 46.6 Å². The van der Waals surface area contributed by atoms with E-state index in [0.717, 1.165) is 29.2 Å². The minimum absolute atomic E-state index is 0.124. The highest BCUT2D eigenvalue weighted by atomic mass is 32.2. The van der Waals surface area contributed by atoms with Gasteiger partial charge < -0.3 is 20.9 Å². The number of aryl methyl sites for hydroxylation is 1. The summed E-state index contributed by atoms with van der Waals surface area (Å²) in [5, 5.41) is 13.5. The van der Waals surface area contributed by atoms with Crippen LogP contribution in [0, 0.1) is 6.92 Å². The quantitative estimate of drug-likeness (QED) is 0.266. The minimum atomic E-state index is -4.56. The summed E-state index contributed by atoms with van der Waals surface area (Å²) in [6.07, 6.45) is -3.18. The fourth-order valence-electron chi connectivity index (χ4n) is 4.29.